The van der Waals surface area contributed by atoms with Gasteiger partial charge >= 0.3 is 12.2 Å². The summed E-state index contributed by atoms with van der Waals surface area (Å²) in [7, 11) is 0. The number of nitrogens with zero attached hydrogens (tertiary/aromatic N) is 1. The number of alkyl halides is 3. The van der Waals surface area contributed by atoms with Crippen molar-refractivity contribution >= 4 is 23.3 Å². The van der Waals surface area contributed by atoms with E-state index in [0.29, 0.717) is 23.8 Å². The van der Waals surface area contributed by atoms with Crippen LogP contribution >= 0.6 is 0 Å². The van der Waals surface area contributed by atoms with Crippen LogP contribution in [0.25, 0.3) is 0 Å². The minimum atomic E-state index is -4.48. The molecule has 4 rings (SSSR count). The number of hydrogen-bond acceptors (Lipinski definition) is 3. The number of carbonyl (C=O) groups is 1. The Kier molecular flexibility index (Phi) is 5.62. The molecule has 2 amide bonds. The van der Waals surface area contributed by atoms with Crippen molar-refractivity contribution in [3.05, 3.63) is 95.6 Å². The van der Waals surface area contributed by atoms with Crippen molar-refractivity contribution in [1.82, 2.24) is 0 Å². The Morgan fingerprint density at radius 3 is 2.29 bits per heavy atom. The summed E-state index contributed by atoms with van der Waals surface area (Å²) in [5.74, 6) is 0.468. The van der Waals surface area contributed by atoms with Crippen molar-refractivity contribution in [1.29, 1.82) is 0 Å². The molecule has 0 radical (unpaired) electrons. The van der Waals surface area contributed by atoms with Crippen LogP contribution in [0.3, 0.4) is 0 Å². The molecule has 1 atom stereocenters. The fourth-order valence-corrected chi connectivity index (χ4v) is 3.17. The van der Waals surface area contributed by atoms with E-state index < -0.39 is 17.8 Å². The summed E-state index contributed by atoms with van der Waals surface area (Å²) in [5.41, 5.74) is 1.40. The highest BCUT2D eigenvalue weighted by atomic mass is 19.4. The first-order valence-corrected chi connectivity index (χ1v) is 9.50. The minimum Gasteiger partial charge on any atom is -0.475 e. The van der Waals surface area contributed by atoms with Crippen LogP contribution in [0.1, 0.15) is 22.7 Å². The summed E-state index contributed by atoms with van der Waals surface area (Å²) < 4.78 is 44.2. The zero-order valence-corrected chi connectivity index (χ0v) is 16.2. The van der Waals surface area contributed by atoms with E-state index >= 15 is 0 Å². The molecule has 1 heterocycles. The molecule has 0 saturated carbocycles. The number of benzene rings is 3. The maximum Gasteiger partial charge on any atom is 0.416 e. The normalized spacial score (nSPS) is 15.7. The lowest BCUT2D eigenvalue weighted by molar-refractivity contribution is -0.137. The zero-order chi connectivity index (χ0) is 21.8. The van der Waals surface area contributed by atoms with Crippen molar-refractivity contribution < 1.29 is 22.7 Å². The maximum atomic E-state index is 12.8. The third-order valence-corrected chi connectivity index (χ3v) is 4.65. The molecular formula is C23H18F3N3O2. The third kappa shape index (κ3) is 5.03. The molecule has 0 saturated heterocycles. The Morgan fingerprint density at radius 2 is 1.58 bits per heavy atom. The number of hydrogen-bond donors (Lipinski definition) is 2. The summed E-state index contributed by atoms with van der Waals surface area (Å²) in [6.45, 7) is 0.424. The van der Waals surface area contributed by atoms with Crippen molar-refractivity contribution in [2.75, 3.05) is 17.2 Å². The van der Waals surface area contributed by atoms with Gasteiger partial charge in [-0.1, -0.05) is 42.5 Å². The van der Waals surface area contributed by atoms with Crippen molar-refractivity contribution in [2.24, 2.45) is 4.99 Å². The fourth-order valence-electron chi connectivity index (χ4n) is 3.17. The predicted octanol–water partition coefficient (Wildman–Crippen LogP) is 5.87. The quantitative estimate of drug-likeness (QED) is 0.549. The van der Waals surface area contributed by atoms with Gasteiger partial charge in [0.2, 0.25) is 5.90 Å². The molecule has 3 aromatic rings. The molecule has 158 valence electrons. The highest BCUT2D eigenvalue weighted by Crippen LogP contribution is 2.31. The van der Waals surface area contributed by atoms with Crippen LogP contribution in [-0.4, -0.2) is 18.5 Å². The zero-order valence-electron chi connectivity index (χ0n) is 16.2. The molecule has 1 unspecified atom stereocenters. The van der Waals surface area contributed by atoms with Gasteiger partial charge < -0.3 is 15.4 Å². The number of ether oxygens (including phenoxy) is 1. The molecule has 2 N–H and O–H groups in total. The lowest BCUT2D eigenvalue weighted by Crippen LogP contribution is -2.20. The number of nitrogens with one attached hydrogen (secondary N) is 2. The monoisotopic (exact) mass is 425 g/mol. The van der Waals surface area contributed by atoms with E-state index in [1.54, 1.807) is 18.2 Å². The first-order chi connectivity index (χ1) is 14.9. The standard InChI is InChI=1S/C23H18F3N3O2/c24-23(25,26)17-9-5-11-19(13-17)28-22(30)27-18-10-4-8-16(12-18)21-29-20(14-31-21)15-6-2-1-3-7-15/h1-13,20H,14H2,(H2,27,28,30). The van der Waals surface area contributed by atoms with E-state index in [2.05, 4.69) is 15.6 Å². The third-order valence-electron chi connectivity index (χ3n) is 4.65. The average Bonchev–Trinajstić information content (AvgIpc) is 3.24. The van der Waals surface area contributed by atoms with Gasteiger partial charge in [-0.2, -0.15) is 13.2 Å². The number of urea groups is 1. The molecular weight excluding hydrogens is 407 g/mol. The summed E-state index contributed by atoms with van der Waals surface area (Å²) in [6.07, 6.45) is -4.48. The number of aliphatic imine (C=N–C) groups is 1. The first-order valence-electron chi connectivity index (χ1n) is 9.50. The van der Waals surface area contributed by atoms with Gasteiger partial charge in [-0.3, -0.25) is 0 Å². The van der Waals surface area contributed by atoms with Gasteiger partial charge in [0.15, 0.2) is 0 Å². The second-order valence-electron chi connectivity index (χ2n) is 6.91. The smallest absolute Gasteiger partial charge is 0.416 e. The van der Waals surface area contributed by atoms with Gasteiger partial charge in [0.05, 0.1) is 5.56 Å². The van der Waals surface area contributed by atoms with Crippen LogP contribution in [0.5, 0.6) is 0 Å². The van der Waals surface area contributed by atoms with Crippen LogP contribution in [0.15, 0.2) is 83.9 Å². The topological polar surface area (TPSA) is 62.7 Å². The number of anilines is 2. The maximum absolute atomic E-state index is 12.8. The highest BCUT2D eigenvalue weighted by Gasteiger charge is 2.30. The largest absolute Gasteiger partial charge is 0.475 e. The first kappa shape index (κ1) is 20.5. The van der Waals surface area contributed by atoms with Gasteiger partial charge in [-0.25, -0.2) is 9.79 Å². The van der Waals surface area contributed by atoms with E-state index in [-0.39, 0.29) is 11.7 Å². The number of rotatable bonds is 4. The SMILES string of the molecule is O=C(Nc1cccc(C2=NC(c3ccccc3)CO2)c1)Nc1cccc(C(F)(F)F)c1. The second kappa shape index (κ2) is 8.51. The van der Waals surface area contributed by atoms with Crippen molar-refractivity contribution in [3.8, 4) is 0 Å². The van der Waals surface area contributed by atoms with Gasteiger partial charge in [-0.15, -0.1) is 0 Å². The van der Waals surface area contributed by atoms with E-state index in [9.17, 15) is 18.0 Å². The lowest BCUT2D eigenvalue weighted by atomic mass is 10.1. The van der Waals surface area contributed by atoms with E-state index in [4.69, 9.17) is 4.74 Å². The van der Waals surface area contributed by atoms with Gasteiger partial charge in [0, 0.05) is 16.9 Å². The molecule has 0 aromatic heterocycles. The molecule has 8 heteroatoms. The number of halogens is 3. The molecule has 0 aliphatic carbocycles. The lowest BCUT2D eigenvalue weighted by Gasteiger charge is -2.11. The average molecular weight is 425 g/mol. The van der Waals surface area contributed by atoms with E-state index in [1.807, 2.05) is 36.4 Å². The Morgan fingerprint density at radius 1 is 0.903 bits per heavy atom. The van der Waals surface area contributed by atoms with Crippen molar-refractivity contribution in [3.63, 3.8) is 0 Å². The molecule has 3 aromatic carbocycles. The molecule has 1 aliphatic rings. The number of carbonyl (C=O) groups excluding carboxylic acids is 1. The van der Waals surface area contributed by atoms with Gasteiger partial charge in [0.1, 0.15) is 12.6 Å². The fraction of sp³-hybridized carbons (Fsp3) is 0.130. The molecule has 31 heavy (non-hydrogen) atoms. The molecule has 0 bridgehead atoms. The molecule has 0 spiro atoms. The predicted molar refractivity (Wildman–Crippen MR) is 112 cm³/mol. The molecule has 1 aliphatic heterocycles. The van der Waals surface area contributed by atoms with E-state index in [0.717, 1.165) is 17.7 Å². The summed E-state index contributed by atoms with van der Waals surface area (Å²) in [5, 5.41) is 5.02. The second-order valence-corrected chi connectivity index (χ2v) is 6.91. The van der Waals surface area contributed by atoms with E-state index in [1.165, 1.54) is 12.1 Å². The highest BCUT2D eigenvalue weighted by molar-refractivity contribution is 6.01. The Hall–Kier alpha value is -3.81. The number of amides is 2. The Bertz CT molecular complexity index is 1110. The van der Waals surface area contributed by atoms with Crippen molar-refractivity contribution in [2.45, 2.75) is 12.2 Å². The molecule has 0 fully saturated rings. The Balaban J connectivity index is 1.44. The van der Waals surface area contributed by atoms with Gasteiger partial charge in [0.25, 0.3) is 0 Å². The van der Waals surface area contributed by atoms with Crippen LogP contribution in [0.2, 0.25) is 0 Å². The van der Waals surface area contributed by atoms with Crippen LogP contribution < -0.4 is 10.6 Å². The van der Waals surface area contributed by atoms with Crippen LogP contribution in [0, 0.1) is 0 Å². The summed E-state index contributed by atoms with van der Waals surface area (Å²) in [6, 6.07) is 20.4. The summed E-state index contributed by atoms with van der Waals surface area (Å²) >= 11 is 0. The van der Waals surface area contributed by atoms with Gasteiger partial charge in [-0.05, 0) is 42.0 Å². The van der Waals surface area contributed by atoms with Crippen LogP contribution in [0.4, 0.5) is 29.3 Å². The molecule has 5 nitrogen and oxygen atoms in total. The van der Waals surface area contributed by atoms with Crippen LogP contribution in [-0.2, 0) is 10.9 Å². The minimum absolute atomic E-state index is 0.0395. The summed E-state index contributed by atoms with van der Waals surface area (Å²) in [4.78, 5) is 16.9. The Labute approximate surface area is 176 Å².